The van der Waals surface area contributed by atoms with E-state index in [0.717, 1.165) is 5.13 Å². The summed E-state index contributed by atoms with van der Waals surface area (Å²) in [6.45, 7) is -0.0365. The summed E-state index contributed by atoms with van der Waals surface area (Å²) in [5.41, 5.74) is 0.658. The Labute approximate surface area is 72.3 Å². The van der Waals surface area contributed by atoms with Crippen LogP contribution in [0.25, 0.3) is 5.13 Å². The normalized spacial score (nSPS) is 10.4. The molecule has 0 fully saturated rings. The van der Waals surface area contributed by atoms with Gasteiger partial charge in [0.15, 0.2) is 0 Å². The highest BCUT2D eigenvalue weighted by Crippen LogP contribution is 2.12. The third kappa shape index (κ3) is 1.21. The van der Waals surface area contributed by atoms with Gasteiger partial charge in [0.25, 0.3) is 0 Å². The van der Waals surface area contributed by atoms with Gasteiger partial charge in [-0.05, 0) is 0 Å². The molecular formula is C6H6N4OS. The second-order valence-corrected chi connectivity index (χ2v) is 2.96. The Morgan fingerprint density at radius 1 is 1.58 bits per heavy atom. The van der Waals surface area contributed by atoms with Gasteiger partial charge < -0.3 is 5.11 Å². The van der Waals surface area contributed by atoms with E-state index in [-0.39, 0.29) is 6.61 Å². The topological polar surface area (TPSA) is 63.8 Å². The summed E-state index contributed by atoms with van der Waals surface area (Å²) in [6.07, 6.45) is 3.01. The Bertz CT molecular complexity index is 355. The lowest BCUT2D eigenvalue weighted by Gasteiger charge is -1.89. The fourth-order valence-electron chi connectivity index (χ4n) is 0.781. The van der Waals surface area contributed by atoms with E-state index in [9.17, 15) is 0 Å². The maximum Gasteiger partial charge on any atom is 0.212 e. The highest BCUT2D eigenvalue weighted by atomic mass is 32.1. The first-order chi connectivity index (χ1) is 5.90. The molecule has 0 bridgehead atoms. The fraction of sp³-hybridized carbons (Fsp3) is 0.167. The Morgan fingerprint density at radius 3 is 3.08 bits per heavy atom. The first-order valence-corrected chi connectivity index (χ1v) is 4.18. The minimum atomic E-state index is -0.0365. The maximum absolute atomic E-state index is 8.75. The van der Waals surface area contributed by atoms with Gasteiger partial charge in [-0.25, -0.2) is 9.97 Å². The number of thiazole rings is 1. The first-order valence-electron chi connectivity index (χ1n) is 3.30. The number of hydrogen-bond donors (Lipinski definition) is 1. The predicted molar refractivity (Wildman–Crippen MR) is 43.0 cm³/mol. The van der Waals surface area contributed by atoms with E-state index in [4.69, 9.17) is 5.11 Å². The Kier molecular flexibility index (Phi) is 1.84. The van der Waals surface area contributed by atoms with Crippen LogP contribution in [0, 0.1) is 0 Å². The van der Waals surface area contributed by atoms with Crippen molar-refractivity contribution in [2.24, 2.45) is 0 Å². The van der Waals surface area contributed by atoms with Gasteiger partial charge in [-0.3, -0.25) is 0 Å². The van der Waals surface area contributed by atoms with E-state index in [1.54, 1.807) is 16.4 Å². The SMILES string of the molecule is OCc1csc(-n2cncn2)n1. The van der Waals surface area contributed by atoms with E-state index in [0.29, 0.717) is 5.69 Å². The van der Waals surface area contributed by atoms with Gasteiger partial charge in [-0.1, -0.05) is 0 Å². The van der Waals surface area contributed by atoms with E-state index < -0.39 is 0 Å². The van der Waals surface area contributed by atoms with Gasteiger partial charge in [-0.15, -0.1) is 11.3 Å². The highest BCUT2D eigenvalue weighted by Gasteiger charge is 2.02. The standard InChI is InChI=1S/C6H6N4OS/c11-1-5-2-12-6(9-5)10-4-7-3-8-10/h2-4,11H,1H2. The zero-order chi connectivity index (χ0) is 8.39. The molecule has 2 aromatic heterocycles. The Hall–Kier alpha value is -1.27. The van der Waals surface area contributed by atoms with Crippen LogP contribution in [0.2, 0.25) is 0 Å². The van der Waals surface area contributed by atoms with Crippen molar-refractivity contribution < 1.29 is 5.11 Å². The lowest BCUT2D eigenvalue weighted by molar-refractivity contribution is 0.277. The summed E-state index contributed by atoms with van der Waals surface area (Å²) in [5.74, 6) is 0. The summed E-state index contributed by atoms with van der Waals surface area (Å²) in [7, 11) is 0. The van der Waals surface area contributed by atoms with Gasteiger partial charge in [0, 0.05) is 5.38 Å². The summed E-state index contributed by atoms with van der Waals surface area (Å²) in [6, 6.07) is 0. The largest absolute Gasteiger partial charge is 0.390 e. The molecule has 0 radical (unpaired) electrons. The summed E-state index contributed by atoms with van der Waals surface area (Å²) in [5, 5.41) is 15.2. The average molecular weight is 182 g/mol. The van der Waals surface area contributed by atoms with Gasteiger partial charge in [0.2, 0.25) is 5.13 Å². The third-order valence-corrected chi connectivity index (χ3v) is 2.20. The number of aliphatic hydroxyl groups is 1. The summed E-state index contributed by atoms with van der Waals surface area (Å²) < 4.78 is 1.56. The minimum absolute atomic E-state index is 0.0365. The molecule has 0 aliphatic heterocycles. The molecule has 5 nitrogen and oxygen atoms in total. The van der Waals surface area contributed by atoms with Gasteiger partial charge >= 0.3 is 0 Å². The highest BCUT2D eigenvalue weighted by molar-refractivity contribution is 7.12. The fourth-order valence-corrected chi connectivity index (χ4v) is 1.52. The van der Waals surface area contributed by atoms with E-state index in [1.807, 2.05) is 0 Å². The molecule has 0 aromatic carbocycles. The quantitative estimate of drug-likeness (QED) is 0.721. The molecule has 6 heteroatoms. The van der Waals surface area contributed by atoms with Crippen LogP contribution < -0.4 is 0 Å². The summed E-state index contributed by atoms with van der Waals surface area (Å²) >= 11 is 1.42. The van der Waals surface area contributed by atoms with Crippen LogP contribution in [0.4, 0.5) is 0 Å². The second kappa shape index (κ2) is 3.00. The lowest BCUT2D eigenvalue weighted by Crippen LogP contribution is -1.93. The van der Waals surface area contributed by atoms with Crippen molar-refractivity contribution in [3.63, 3.8) is 0 Å². The zero-order valence-corrected chi connectivity index (χ0v) is 6.90. The molecule has 1 N–H and O–H groups in total. The number of aromatic nitrogens is 4. The van der Waals surface area contributed by atoms with Gasteiger partial charge in [0.1, 0.15) is 12.7 Å². The molecule has 0 saturated carbocycles. The monoisotopic (exact) mass is 182 g/mol. The molecule has 0 amide bonds. The number of hydrogen-bond acceptors (Lipinski definition) is 5. The zero-order valence-electron chi connectivity index (χ0n) is 6.08. The second-order valence-electron chi connectivity index (χ2n) is 2.12. The predicted octanol–water partition coefficient (Wildman–Crippen LogP) is 0.216. The summed E-state index contributed by atoms with van der Waals surface area (Å²) in [4.78, 5) is 7.89. The molecule has 0 spiro atoms. The molecule has 0 aliphatic carbocycles. The first kappa shape index (κ1) is 7.38. The number of aliphatic hydroxyl groups excluding tert-OH is 1. The van der Waals surface area contributed by atoms with Crippen molar-refractivity contribution in [2.75, 3.05) is 0 Å². The van der Waals surface area contributed by atoms with Crippen LogP contribution in [0.15, 0.2) is 18.0 Å². The van der Waals surface area contributed by atoms with Crippen molar-refractivity contribution in [2.45, 2.75) is 6.61 Å². The van der Waals surface area contributed by atoms with Crippen molar-refractivity contribution in [1.82, 2.24) is 19.7 Å². The molecule has 12 heavy (non-hydrogen) atoms. The molecular weight excluding hydrogens is 176 g/mol. The van der Waals surface area contributed by atoms with Crippen molar-refractivity contribution in [3.05, 3.63) is 23.7 Å². The van der Waals surface area contributed by atoms with Crippen molar-refractivity contribution in [3.8, 4) is 5.13 Å². The molecule has 0 aliphatic rings. The Morgan fingerprint density at radius 2 is 2.50 bits per heavy atom. The molecule has 0 saturated heterocycles. The van der Waals surface area contributed by atoms with Crippen molar-refractivity contribution in [1.29, 1.82) is 0 Å². The maximum atomic E-state index is 8.75. The van der Waals surface area contributed by atoms with Crippen LogP contribution in [0.5, 0.6) is 0 Å². The van der Waals surface area contributed by atoms with Crippen LogP contribution in [0.1, 0.15) is 5.69 Å². The van der Waals surface area contributed by atoms with Crippen LogP contribution in [0.3, 0.4) is 0 Å². The van der Waals surface area contributed by atoms with Gasteiger partial charge in [-0.2, -0.15) is 9.78 Å². The van der Waals surface area contributed by atoms with E-state index >= 15 is 0 Å². The van der Waals surface area contributed by atoms with E-state index in [2.05, 4.69) is 15.1 Å². The van der Waals surface area contributed by atoms with Crippen molar-refractivity contribution >= 4 is 11.3 Å². The van der Waals surface area contributed by atoms with Crippen LogP contribution >= 0.6 is 11.3 Å². The average Bonchev–Trinajstić information content (AvgIpc) is 2.75. The Balaban J connectivity index is 2.35. The van der Waals surface area contributed by atoms with Crippen LogP contribution in [-0.2, 0) is 6.61 Å². The third-order valence-electron chi connectivity index (χ3n) is 1.32. The lowest BCUT2D eigenvalue weighted by atomic mass is 10.5. The van der Waals surface area contributed by atoms with Crippen LogP contribution in [-0.4, -0.2) is 24.9 Å². The van der Waals surface area contributed by atoms with Gasteiger partial charge in [0.05, 0.1) is 12.3 Å². The smallest absolute Gasteiger partial charge is 0.212 e. The molecule has 2 heterocycles. The molecule has 2 aromatic rings. The molecule has 62 valence electrons. The number of nitrogens with zero attached hydrogens (tertiary/aromatic N) is 4. The molecule has 0 unspecified atom stereocenters. The molecule has 0 atom stereocenters. The minimum Gasteiger partial charge on any atom is -0.390 e. The van der Waals surface area contributed by atoms with E-state index in [1.165, 1.54) is 17.7 Å². The number of rotatable bonds is 2. The molecule has 2 rings (SSSR count).